The van der Waals surface area contributed by atoms with E-state index in [4.69, 9.17) is 0 Å². The first-order chi connectivity index (χ1) is 15.0. The number of fused-ring (bicyclic) bond motifs is 1. The molecule has 2 N–H and O–H groups in total. The van der Waals surface area contributed by atoms with Gasteiger partial charge in [0.1, 0.15) is 5.56 Å². The molecule has 2 aromatic carbocycles. The first kappa shape index (κ1) is 23.5. The molecule has 8 nitrogen and oxygen atoms in total. The number of nitrogens with zero attached hydrogens (tertiary/aromatic N) is 2. The van der Waals surface area contributed by atoms with Crippen molar-refractivity contribution in [3.05, 3.63) is 69.5 Å². The maximum atomic E-state index is 13.2. The van der Waals surface area contributed by atoms with Crippen LogP contribution in [-0.4, -0.2) is 58.4 Å². The quantitative estimate of drug-likeness (QED) is 0.568. The van der Waals surface area contributed by atoms with Crippen LogP contribution in [0.25, 0.3) is 10.9 Å². The van der Waals surface area contributed by atoms with E-state index in [1.807, 2.05) is 38.9 Å². The Morgan fingerprint density at radius 2 is 1.75 bits per heavy atom. The molecule has 3 aromatic rings. The molecule has 0 aliphatic heterocycles. The number of benzene rings is 2. The molecular formula is C23H28N4O4S. The molecule has 0 fully saturated rings. The van der Waals surface area contributed by atoms with Gasteiger partial charge in [-0.15, -0.1) is 0 Å². The second kappa shape index (κ2) is 9.13. The third kappa shape index (κ3) is 4.68. The predicted molar refractivity (Wildman–Crippen MR) is 127 cm³/mol. The minimum absolute atomic E-state index is 0.0265. The number of nitrogens with one attached hydrogen (secondary N) is 2. The summed E-state index contributed by atoms with van der Waals surface area (Å²) in [5.41, 5.74) is 2.43. The number of H-pyrrole nitrogens is 1. The van der Waals surface area contributed by atoms with Crippen molar-refractivity contribution >= 4 is 32.5 Å². The van der Waals surface area contributed by atoms with Crippen molar-refractivity contribution in [3.8, 4) is 0 Å². The molecule has 0 saturated carbocycles. The van der Waals surface area contributed by atoms with Crippen LogP contribution in [-0.2, 0) is 10.0 Å². The molecule has 9 heteroatoms. The number of aromatic nitrogens is 1. The van der Waals surface area contributed by atoms with Crippen LogP contribution >= 0.6 is 0 Å². The van der Waals surface area contributed by atoms with Crippen LogP contribution in [0.15, 0.2) is 52.3 Å². The average molecular weight is 457 g/mol. The first-order valence-corrected chi connectivity index (χ1v) is 11.6. The normalized spacial score (nSPS) is 11.7. The van der Waals surface area contributed by atoms with E-state index in [1.165, 1.54) is 35.7 Å². The van der Waals surface area contributed by atoms with E-state index in [-0.39, 0.29) is 15.8 Å². The number of anilines is 1. The highest BCUT2D eigenvalue weighted by molar-refractivity contribution is 7.92. The van der Waals surface area contributed by atoms with Crippen molar-refractivity contribution in [2.75, 3.05) is 38.5 Å². The molecule has 170 valence electrons. The van der Waals surface area contributed by atoms with Gasteiger partial charge in [-0.1, -0.05) is 6.07 Å². The zero-order chi connectivity index (χ0) is 23.6. The van der Waals surface area contributed by atoms with Crippen LogP contribution in [0.3, 0.4) is 0 Å². The number of aryl methyl sites for hydroxylation is 2. The van der Waals surface area contributed by atoms with Crippen molar-refractivity contribution in [3.63, 3.8) is 0 Å². The molecule has 32 heavy (non-hydrogen) atoms. The summed E-state index contributed by atoms with van der Waals surface area (Å²) in [7, 11) is 1.32. The molecular weight excluding hydrogens is 428 g/mol. The topological polar surface area (TPSA) is 103 Å². The molecule has 0 bridgehead atoms. The number of rotatable bonds is 7. The lowest BCUT2D eigenvalue weighted by molar-refractivity contribution is 0.0950. The number of carbonyl (C=O) groups is 1. The van der Waals surface area contributed by atoms with E-state index in [9.17, 15) is 18.0 Å². The van der Waals surface area contributed by atoms with Gasteiger partial charge >= 0.3 is 0 Å². The Morgan fingerprint density at radius 1 is 1.03 bits per heavy atom. The fourth-order valence-corrected chi connectivity index (χ4v) is 4.45. The number of likely N-dealkylation sites (N-methyl/N-ethyl adjacent to an activating group) is 1. The van der Waals surface area contributed by atoms with Crippen molar-refractivity contribution in [1.29, 1.82) is 0 Å². The predicted octanol–water partition coefficient (Wildman–Crippen LogP) is 2.26. The van der Waals surface area contributed by atoms with Gasteiger partial charge in [-0.3, -0.25) is 13.9 Å². The fourth-order valence-electron chi connectivity index (χ4n) is 3.23. The van der Waals surface area contributed by atoms with E-state index in [0.29, 0.717) is 24.3 Å². The largest absolute Gasteiger partial charge is 0.360 e. The number of pyridine rings is 1. The fraction of sp³-hybridized carbons (Fsp3) is 0.304. The number of amides is 1. The maximum absolute atomic E-state index is 13.2. The van der Waals surface area contributed by atoms with Gasteiger partial charge in [-0.2, -0.15) is 0 Å². The van der Waals surface area contributed by atoms with Crippen LogP contribution in [0.4, 0.5) is 5.69 Å². The van der Waals surface area contributed by atoms with Crippen molar-refractivity contribution in [2.45, 2.75) is 18.7 Å². The van der Waals surface area contributed by atoms with Crippen LogP contribution < -0.4 is 15.1 Å². The number of aromatic amines is 1. The summed E-state index contributed by atoms with van der Waals surface area (Å²) in [4.78, 5) is 30.2. The Kier molecular flexibility index (Phi) is 6.71. The summed E-state index contributed by atoms with van der Waals surface area (Å²) in [5.74, 6) is -0.504. The van der Waals surface area contributed by atoms with Crippen molar-refractivity contribution in [2.24, 2.45) is 0 Å². The molecule has 0 aliphatic carbocycles. The van der Waals surface area contributed by atoms with Crippen molar-refractivity contribution in [1.82, 2.24) is 15.2 Å². The molecule has 1 heterocycles. The second-order valence-corrected chi connectivity index (χ2v) is 10.0. The van der Waals surface area contributed by atoms with Crippen LogP contribution in [0.5, 0.6) is 0 Å². The monoisotopic (exact) mass is 456 g/mol. The van der Waals surface area contributed by atoms with Crippen LogP contribution in [0.1, 0.15) is 21.5 Å². The van der Waals surface area contributed by atoms with Gasteiger partial charge in [-0.05, 0) is 69.4 Å². The summed E-state index contributed by atoms with van der Waals surface area (Å²) in [5, 5.41) is 2.84. The third-order valence-corrected chi connectivity index (χ3v) is 7.24. The molecule has 1 aromatic heterocycles. The highest BCUT2D eigenvalue weighted by Gasteiger charge is 2.23. The summed E-state index contributed by atoms with van der Waals surface area (Å²) in [6, 6.07) is 9.70. The second-order valence-electron chi connectivity index (χ2n) is 8.04. The molecule has 3 rings (SSSR count). The van der Waals surface area contributed by atoms with Gasteiger partial charge in [0.15, 0.2) is 0 Å². The zero-order valence-electron chi connectivity index (χ0n) is 18.9. The molecule has 0 saturated heterocycles. The Labute approximate surface area is 187 Å². The van der Waals surface area contributed by atoms with Gasteiger partial charge in [0.25, 0.3) is 15.9 Å². The Morgan fingerprint density at radius 3 is 2.41 bits per heavy atom. The summed E-state index contributed by atoms with van der Waals surface area (Å²) in [6.07, 6.45) is 1.35. The Balaban J connectivity index is 1.99. The Hall–Kier alpha value is -3.17. The number of sulfonamides is 1. The van der Waals surface area contributed by atoms with Gasteiger partial charge in [0, 0.05) is 37.2 Å². The van der Waals surface area contributed by atoms with Gasteiger partial charge < -0.3 is 15.2 Å². The minimum atomic E-state index is -3.91. The lowest BCUT2D eigenvalue weighted by Crippen LogP contribution is -2.34. The molecule has 0 spiro atoms. The molecule has 0 atom stereocenters. The highest BCUT2D eigenvalue weighted by atomic mass is 32.2. The molecule has 1 amide bonds. The van der Waals surface area contributed by atoms with Crippen molar-refractivity contribution < 1.29 is 13.2 Å². The average Bonchev–Trinajstić information content (AvgIpc) is 2.74. The minimum Gasteiger partial charge on any atom is -0.360 e. The van der Waals surface area contributed by atoms with Gasteiger partial charge in [0.2, 0.25) is 5.43 Å². The number of hydrogen-bond donors (Lipinski definition) is 2. The maximum Gasteiger partial charge on any atom is 0.264 e. The molecule has 0 radical (unpaired) electrons. The lowest BCUT2D eigenvalue weighted by Gasteiger charge is -2.20. The molecule has 0 unspecified atom stereocenters. The SMILES string of the molecule is Cc1ccc(N(C)S(=O)(=O)c2ccc3[nH]cc(C(=O)NCCN(C)C)c(=O)c3c2)cc1C. The first-order valence-electron chi connectivity index (χ1n) is 10.2. The zero-order valence-corrected chi connectivity index (χ0v) is 19.7. The van der Waals surface area contributed by atoms with E-state index < -0.39 is 21.4 Å². The van der Waals surface area contributed by atoms with E-state index in [0.717, 1.165) is 11.1 Å². The summed E-state index contributed by atoms with van der Waals surface area (Å²) < 4.78 is 27.7. The summed E-state index contributed by atoms with van der Waals surface area (Å²) in [6.45, 7) is 4.89. The lowest BCUT2D eigenvalue weighted by atomic mass is 10.1. The van der Waals surface area contributed by atoms with Gasteiger partial charge in [-0.25, -0.2) is 8.42 Å². The van der Waals surface area contributed by atoms with E-state index >= 15 is 0 Å². The third-order valence-electron chi connectivity index (χ3n) is 5.45. The summed E-state index contributed by atoms with van der Waals surface area (Å²) >= 11 is 0. The standard InChI is InChI=1S/C23H28N4O4S/c1-15-6-7-17(12-16(15)2)27(5)32(30,31)18-8-9-21-19(13-18)22(28)20(14-25-21)23(29)24-10-11-26(3)4/h6-9,12-14H,10-11H2,1-5H3,(H,24,29)(H,25,28). The van der Waals surface area contributed by atoms with Gasteiger partial charge in [0.05, 0.1) is 10.6 Å². The number of carbonyl (C=O) groups excluding carboxylic acids is 1. The smallest absolute Gasteiger partial charge is 0.264 e. The highest BCUT2D eigenvalue weighted by Crippen LogP contribution is 2.25. The van der Waals surface area contributed by atoms with E-state index in [1.54, 1.807) is 12.1 Å². The van der Waals surface area contributed by atoms with E-state index in [2.05, 4.69) is 10.3 Å². The van der Waals surface area contributed by atoms with Crippen LogP contribution in [0.2, 0.25) is 0 Å². The van der Waals surface area contributed by atoms with Crippen LogP contribution in [0, 0.1) is 13.8 Å². The Bertz CT molecular complexity index is 1330. The number of hydrogen-bond acceptors (Lipinski definition) is 5. The molecule has 0 aliphatic rings.